The lowest BCUT2D eigenvalue weighted by molar-refractivity contribution is -0.300. The molecule has 3 atom stereocenters. The van der Waals surface area contributed by atoms with Crippen molar-refractivity contribution in [2.45, 2.75) is 71.0 Å². The Morgan fingerprint density at radius 2 is 1.84 bits per heavy atom. The van der Waals surface area contributed by atoms with Crippen molar-refractivity contribution < 1.29 is 32.9 Å². The Bertz CT molecular complexity index is 721. The molecule has 1 N–H and O–H groups in total. The summed E-state index contributed by atoms with van der Waals surface area (Å²) in [5.41, 5.74) is 0.618. The molecule has 0 saturated carbocycles. The molecule has 1 aromatic carbocycles. The van der Waals surface area contributed by atoms with Gasteiger partial charge in [0.2, 0.25) is 0 Å². The highest BCUT2D eigenvalue weighted by Gasteiger charge is 2.36. The third-order valence-corrected chi connectivity index (χ3v) is 4.85. The standard InChI is InChI=1S/C23H34FNO6/c1-15(2)14-29-20(26)13-19-12-18(30-23(3,4)31-19)10-11-25-21(22(27)28-5)16-6-8-17(24)9-7-16/h6-9,15,18-19,21,25H,10-14H2,1-5H3. The van der Waals surface area contributed by atoms with Crippen molar-refractivity contribution in [3.63, 3.8) is 0 Å². The summed E-state index contributed by atoms with van der Waals surface area (Å²) in [5.74, 6) is -1.66. The predicted molar refractivity (Wildman–Crippen MR) is 113 cm³/mol. The summed E-state index contributed by atoms with van der Waals surface area (Å²) in [7, 11) is 1.31. The first kappa shape index (κ1) is 25.2. The lowest BCUT2D eigenvalue weighted by Crippen LogP contribution is -2.46. The van der Waals surface area contributed by atoms with Crippen molar-refractivity contribution >= 4 is 11.9 Å². The fourth-order valence-electron chi connectivity index (χ4n) is 3.53. The zero-order valence-corrected chi connectivity index (χ0v) is 19.0. The highest BCUT2D eigenvalue weighted by Crippen LogP contribution is 2.30. The van der Waals surface area contributed by atoms with E-state index in [-0.39, 0.29) is 36.3 Å². The quantitative estimate of drug-likeness (QED) is 0.559. The molecule has 1 saturated heterocycles. The number of ether oxygens (including phenoxy) is 4. The first-order valence-electron chi connectivity index (χ1n) is 10.7. The van der Waals surface area contributed by atoms with Crippen LogP contribution in [0.1, 0.15) is 58.6 Å². The van der Waals surface area contributed by atoms with Gasteiger partial charge >= 0.3 is 11.9 Å². The van der Waals surface area contributed by atoms with E-state index in [0.717, 1.165) is 0 Å². The normalized spacial score (nSPS) is 21.5. The average Bonchev–Trinajstić information content (AvgIpc) is 2.69. The molecule has 31 heavy (non-hydrogen) atoms. The number of benzene rings is 1. The van der Waals surface area contributed by atoms with Gasteiger partial charge in [0.05, 0.1) is 32.3 Å². The number of nitrogens with one attached hydrogen (secondary N) is 1. The second-order valence-electron chi connectivity index (χ2n) is 8.65. The van der Waals surface area contributed by atoms with Crippen molar-refractivity contribution in [3.05, 3.63) is 35.6 Å². The molecular weight excluding hydrogens is 405 g/mol. The smallest absolute Gasteiger partial charge is 0.327 e. The summed E-state index contributed by atoms with van der Waals surface area (Å²) in [4.78, 5) is 24.3. The van der Waals surface area contributed by atoms with E-state index < -0.39 is 17.8 Å². The number of halogens is 1. The van der Waals surface area contributed by atoms with Crippen LogP contribution in [0.5, 0.6) is 0 Å². The molecule has 8 heteroatoms. The molecule has 0 aromatic heterocycles. The van der Waals surface area contributed by atoms with Crippen LogP contribution in [0.15, 0.2) is 24.3 Å². The maximum atomic E-state index is 13.2. The third-order valence-electron chi connectivity index (χ3n) is 4.85. The minimum atomic E-state index is -0.829. The molecule has 1 fully saturated rings. The Balaban J connectivity index is 1.91. The monoisotopic (exact) mass is 439 g/mol. The minimum Gasteiger partial charge on any atom is -0.468 e. The lowest BCUT2D eigenvalue weighted by Gasteiger charge is -2.40. The third kappa shape index (κ3) is 8.55. The van der Waals surface area contributed by atoms with Crippen LogP contribution in [0.2, 0.25) is 0 Å². The van der Waals surface area contributed by atoms with E-state index in [4.69, 9.17) is 18.9 Å². The Hall–Kier alpha value is -2.03. The van der Waals surface area contributed by atoms with Crippen LogP contribution in [0.3, 0.4) is 0 Å². The summed E-state index contributed by atoms with van der Waals surface area (Å²) in [5, 5.41) is 3.16. The van der Waals surface area contributed by atoms with Gasteiger partial charge in [-0.3, -0.25) is 4.79 Å². The Morgan fingerprint density at radius 1 is 1.19 bits per heavy atom. The molecule has 0 bridgehead atoms. The summed E-state index contributed by atoms with van der Waals surface area (Å²) in [6.07, 6.45) is 0.844. The van der Waals surface area contributed by atoms with Gasteiger partial charge in [-0.15, -0.1) is 0 Å². The fourth-order valence-corrected chi connectivity index (χ4v) is 3.53. The zero-order chi connectivity index (χ0) is 23.0. The summed E-state index contributed by atoms with van der Waals surface area (Å²) in [6.45, 7) is 8.44. The molecule has 174 valence electrons. The van der Waals surface area contributed by atoms with Crippen molar-refractivity contribution in [1.82, 2.24) is 5.32 Å². The van der Waals surface area contributed by atoms with Crippen molar-refractivity contribution in [3.8, 4) is 0 Å². The zero-order valence-electron chi connectivity index (χ0n) is 19.0. The van der Waals surface area contributed by atoms with Gasteiger partial charge in [0.25, 0.3) is 0 Å². The average molecular weight is 440 g/mol. The van der Waals surface area contributed by atoms with E-state index in [9.17, 15) is 14.0 Å². The number of methoxy groups -OCH3 is 1. The van der Waals surface area contributed by atoms with Gasteiger partial charge in [0, 0.05) is 6.42 Å². The fraction of sp³-hybridized carbons (Fsp3) is 0.652. The SMILES string of the molecule is COC(=O)C(NCCC1CC(CC(=O)OCC(C)C)OC(C)(C)O1)c1ccc(F)cc1. The number of hydrogen-bond acceptors (Lipinski definition) is 7. The number of esters is 2. The van der Waals surface area contributed by atoms with Crippen molar-refractivity contribution in [2.24, 2.45) is 5.92 Å². The Morgan fingerprint density at radius 3 is 2.45 bits per heavy atom. The topological polar surface area (TPSA) is 83.1 Å². The van der Waals surface area contributed by atoms with Crippen LogP contribution in [-0.4, -0.2) is 50.2 Å². The molecule has 1 heterocycles. The van der Waals surface area contributed by atoms with Crippen molar-refractivity contribution in [2.75, 3.05) is 20.3 Å². The van der Waals surface area contributed by atoms with Gasteiger partial charge in [0.15, 0.2) is 5.79 Å². The summed E-state index contributed by atoms with van der Waals surface area (Å²) >= 11 is 0. The largest absolute Gasteiger partial charge is 0.468 e. The van der Waals surface area contributed by atoms with Gasteiger partial charge in [-0.25, -0.2) is 9.18 Å². The van der Waals surface area contributed by atoms with Gasteiger partial charge in [-0.2, -0.15) is 0 Å². The molecular formula is C23H34FNO6. The number of carbonyl (C=O) groups is 2. The van der Waals surface area contributed by atoms with E-state index in [1.54, 1.807) is 12.1 Å². The van der Waals surface area contributed by atoms with E-state index in [1.807, 2.05) is 27.7 Å². The van der Waals surface area contributed by atoms with Crippen molar-refractivity contribution in [1.29, 1.82) is 0 Å². The Kier molecular flexibility index (Phi) is 9.40. The molecule has 7 nitrogen and oxygen atoms in total. The number of carbonyl (C=O) groups excluding carboxylic acids is 2. The molecule has 0 radical (unpaired) electrons. The second-order valence-corrected chi connectivity index (χ2v) is 8.65. The predicted octanol–water partition coefficient (Wildman–Crippen LogP) is 3.52. The molecule has 2 rings (SSSR count). The van der Waals surface area contributed by atoms with Crippen LogP contribution in [-0.2, 0) is 28.5 Å². The molecule has 1 aliphatic rings. The van der Waals surface area contributed by atoms with Gasteiger partial charge in [-0.05, 0) is 50.4 Å². The van der Waals surface area contributed by atoms with Gasteiger partial charge in [0.1, 0.15) is 11.9 Å². The van der Waals surface area contributed by atoms with Crippen LogP contribution >= 0.6 is 0 Å². The van der Waals surface area contributed by atoms with E-state index in [1.165, 1.54) is 19.2 Å². The van der Waals surface area contributed by atoms with Crippen LogP contribution in [0.25, 0.3) is 0 Å². The van der Waals surface area contributed by atoms with Gasteiger partial charge in [-0.1, -0.05) is 26.0 Å². The minimum absolute atomic E-state index is 0.161. The summed E-state index contributed by atoms with van der Waals surface area (Å²) < 4.78 is 35.2. The highest BCUT2D eigenvalue weighted by atomic mass is 19.1. The van der Waals surface area contributed by atoms with E-state index in [2.05, 4.69) is 5.32 Å². The maximum Gasteiger partial charge on any atom is 0.327 e. The van der Waals surface area contributed by atoms with Crippen LogP contribution in [0, 0.1) is 11.7 Å². The molecule has 1 aliphatic heterocycles. The number of rotatable bonds is 10. The summed E-state index contributed by atoms with van der Waals surface area (Å²) in [6, 6.07) is 5.01. The van der Waals surface area contributed by atoms with E-state index in [0.29, 0.717) is 31.6 Å². The first-order chi connectivity index (χ1) is 14.6. The van der Waals surface area contributed by atoms with E-state index >= 15 is 0 Å². The first-order valence-corrected chi connectivity index (χ1v) is 10.7. The molecule has 3 unspecified atom stereocenters. The molecule has 0 spiro atoms. The second kappa shape index (κ2) is 11.5. The molecule has 1 aromatic rings. The number of hydrogen-bond donors (Lipinski definition) is 1. The highest BCUT2D eigenvalue weighted by molar-refractivity contribution is 5.77. The molecule has 0 amide bonds. The van der Waals surface area contributed by atoms with Gasteiger partial charge < -0.3 is 24.3 Å². The molecule has 0 aliphatic carbocycles. The lowest BCUT2D eigenvalue weighted by atomic mass is 10.0. The Labute approximate surface area is 183 Å². The van der Waals surface area contributed by atoms with Crippen LogP contribution in [0.4, 0.5) is 4.39 Å². The maximum absolute atomic E-state index is 13.2. The van der Waals surface area contributed by atoms with Crippen LogP contribution < -0.4 is 5.32 Å².